The first-order valence-electron chi connectivity index (χ1n) is 9.61. The van der Waals surface area contributed by atoms with Crippen LogP contribution in [0.4, 0.5) is 0 Å². The third-order valence-corrected chi connectivity index (χ3v) is 5.13. The van der Waals surface area contributed by atoms with Crippen LogP contribution in [-0.4, -0.2) is 48.6 Å². The number of carbonyl (C=O) groups excluding carboxylic acids is 2. The summed E-state index contributed by atoms with van der Waals surface area (Å²) in [6.45, 7) is 0.377. The summed E-state index contributed by atoms with van der Waals surface area (Å²) in [6, 6.07) is 16.2. The van der Waals surface area contributed by atoms with Gasteiger partial charge in [0.2, 0.25) is 5.91 Å². The Morgan fingerprint density at radius 3 is 2.36 bits per heavy atom. The van der Waals surface area contributed by atoms with Gasteiger partial charge in [-0.25, -0.2) is 0 Å². The molecule has 0 radical (unpaired) electrons. The van der Waals surface area contributed by atoms with E-state index >= 15 is 0 Å². The summed E-state index contributed by atoms with van der Waals surface area (Å²) in [7, 11) is 1.58. The van der Waals surface area contributed by atoms with Crippen molar-refractivity contribution in [2.24, 2.45) is 0 Å². The van der Waals surface area contributed by atoms with E-state index in [0.29, 0.717) is 24.3 Å². The van der Waals surface area contributed by atoms with Crippen LogP contribution in [0.5, 0.6) is 11.5 Å². The molecule has 1 N–H and O–H groups in total. The van der Waals surface area contributed by atoms with E-state index in [1.165, 1.54) is 0 Å². The fourth-order valence-electron chi connectivity index (χ4n) is 3.47. The van der Waals surface area contributed by atoms with Crippen LogP contribution in [0.2, 0.25) is 0 Å². The van der Waals surface area contributed by atoms with E-state index in [0.717, 1.165) is 18.6 Å². The number of benzene rings is 2. The average molecular weight is 380 g/mol. The quantitative estimate of drug-likeness (QED) is 0.837. The second-order valence-electron chi connectivity index (χ2n) is 7.27. The first kappa shape index (κ1) is 18.3. The number of hydrogen-bond acceptors (Lipinski definition) is 4. The van der Waals surface area contributed by atoms with E-state index in [2.05, 4.69) is 5.32 Å². The van der Waals surface area contributed by atoms with E-state index in [1.54, 1.807) is 36.3 Å². The van der Waals surface area contributed by atoms with E-state index in [9.17, 15) is 9.59 Å². The van der Waals surface area contributed by atoms with Crippen molar-refractivity contribution in [1.82, 2.24) is 10.2 Å². The Bertz CT molecular complexity index is 833. The third-order valence-electron chi connectivity index (χ3n) is 5.13. The summed E-state index contributed by atoms with van der Waals surface area (Å²) in [6.07, 6.45) is 2.28. The lowest BCUT2D eigenvalue weighted by Gasteiger charge is -2.23. The number of ether oxygens (including phenoxy) is 2. The molecule has 2 amide bonds. The van der Waals surface area contributed by atoms with Crippen LogP contribution < -0.4 is 14.8 Å². The molecule has 2 aliphatic rings. The number of carbonyl (C=O) groups is 2. The maximum absolute atomic E-state index is 13.1. The zero-order valence-corrected chi connectivity index (χ0v) is 15.8. The van der Waals surface area contributed by atoms with Gasteiger partial charge in [0.15, 0.2) is 0 Å². The maximum Gasteiger partial charge on any atom is 0.254 e. The van der Waals surface area contributed by atoms with Crippen molar-refractivity contribution in [2.75, 3.05) is 13.7 Å². The molecule has 1 heterocycles. The van der Waals surface area contributed by atoms with Gasteiger partial charge in [0, 0.05) is 18.0 Å². The largest absolute Gasteiger partial charge is 0.497 e. The summed E-state index contributed by atoms with van der Waals surface area (Å²) < 4.78 is 11.2. The van der Waals surface area contributed by atoms with Gasteiger partial charge >= 0.3 is 0 Å². The normalized spacial score (nSPS) is 21.2. The summed E-state index contributed by atoms with van der Waals surface area (Å²) in [5, 5.41) is 3.03. The zero-order chi connectivity index (χ0) is 19.5. The number of rotatable bonds is 6. The zero-order valence-electron chi connectivity index (χ0n) is 15.8. The number of methoxy groups -OCH3 is 1. The van der Waals surface area contributed by atoms with Crippen molar-refractivity contribution < 1.29 is 19.1 Å². The van der Waals surface area contributed by atoms with Crippen molar-refractivity contribution >= 4 is 11.8 Å². The molecular formula is C22H24N2O4. The number of nitrogens with one attached hydrogen (secondary N) is 1. The highest BCUT2D eigenvalue weighted by Gasteiger charge is 2.42. The Morgan fingerprint density at radius 2 is 1.71 bits per heavy atom. The van der Waals surface area contributed by atoms with E-state index in [-0.39, 0.29) is 24.0 Å². The highest BCUT2D eigenvalue weighted by molar-refractivity contribution is 5.98. The lowest BCUT2D eigenvalue weighted by atomic mass is 10.1. The number of hydrogen-bond donors (Lipinski definition) is 1. The second-order valence-corrected chi connectivity index (χ2v) is 7.27. The van der Waals surface area contributed by atoms with E-state index < -0.39 is 6.04 Å². The van der Waals surface area contributed by atoms with Crippen LogP contribution in [0, 0.1) is 0 Å². The van der Waals surface area contributed by atoms with Crippen molar-refractivity contribution in [3.63, 3.8) is 0 Å². The SMILES string of the molecule is COc1ccc(C(=O)N2CC(Oc3ccccc3)CC2C(=O)NC2CC2)cc1. The highest BCUT2D eigenvalue weighted by Crippen LogP contribution is 2.27. The second kappa shape index (κ2) is 7.92. The molecule has 4 rings (SSSR count). The minimum absolute atomic E-state index is 0.0940. The number of amides is 2. The number of likely N-dealkylation sites (tertiary alicyclic amines) is 1. The molecule has 6 heteroatoms. The predicted octanol–water partition coefficient (Wildman–Crippen LogP) is 2.64. The smallest absolute Gasteiger partial charge is 0.254 e. The fraction of sp³-hybridized carbons (Fsp3) is 0.364. The summed E-state index contributed by atoms with van der Waals surface area (Å²) >= 11 is 0. The molecule has 28 heavy (non-hydrogen) atoms. The van der Waals surface area contributed by atoms with Gasteiger partial charge in [-0.15, -0.1) is 0 Å². The molecule has 1 saturated carbocycles. The molecular weight excluding hydrogens is 356 g/mol. The minimum atomic E-state index is -0.524. The van der Waals surface area contributed by atoms with Gasteiger partial charge in [0.25, 0.3) is 5.91 Å². The van der Waals surface area contributed by atoms with Crippen molar-refractivity contribution in [3.05, 3.63) is 60.2 Å². The molecule has 1 aliphatic carbocycles. The molecule has 1 saturated heterocycles. The first-order valence-corrected chi connectivity index (χ1v) is 9.61. The van der Waals surface area contributed by atoms with Crippen LogP contribution in [0.3, 0.4) is 0 Å². The Hall–Kier alpha value is -3.02. The Labute approximate surface area is 164 Å². The van der Waals surface area contributed by atoms with E-state index in [1.807, 2.05) is 30.3 Å². The molecule has 0 spiro atoms. The van der Waals surface area contributed by atoms with Gasteiger partial charge < -0.3 is 19.7 Å². The van der Waals surface area contributed by atoms with Gasteiger partial charge in [-0.1, -0.05) is 18.2 Å². The summed E-state index contributed by atoms with van der Waals surface area (Å²) in [4.78, 5) is 27.5. The monoisotopic (exact) mass is 380 g/mol. The van der Waals surface area contributed by atoms with Crippen molar-refractivity contribution in [3.8, 4) is 11.5 Å². The standard InChI is InChI=1S/C22H24N2O4/c1-27-17-11-7-15(8-12-17)22(26)24-14-19(28-18-5-3-2-4-6-18)13-20(24)21(25)23-16-9-10-16/h2-8,11-12,16,19-20H,9-10,13-14H2,1H3,(H,23,25). The molecule has 1 aliphatic heterocycles. The van der Waals surface area contributed by atoms with Crippen LogP contribution in [-0.2, 0) is 4.79 Å². The Morgan fingerprint density at radius 1 is 1.00 bits per heavy atom. The van der Waals surface area contributed by atoms with Crippen LogP contribution >= 0.6 is 0 Å². The fourth-order valence-corrected chi connectivity index (χ4v) is 3.47. The Balaban J connectivity index is 1.52. The van der Waals surface area contributed by atoms with Gasteiger partial charge in [0.05, 0.1) is 13.7 Å². The molecule has 146 valence electrons. The molecule has 6 nitrogen and oxygen atoms in total. The molecule has 2 unspecified atom stereocenters. The van der Waals surface area contributed by atoms with Crippen LogP contribution in [0.25, 0.3) is 0 Å². The van der Waals surface area contributed by atoms with Crippen molar-refractivity contribution in [2.45, 2.75) is 37.5 Å². The minimum Gasteiger partial charge on any atom is -0.497 e. The number of nitrogens with zero attached hydrogens (tertiary/aromatic N) is 1. The molecule has 2 fully saturated rings. The molecule has 2 atom stereocenters. The number of para-hydroxylation sites is 1. The van der Waals surface area contributed by atoms with Crippen molar-refractivity contribution in [1.29, 1.82) is 0 Å². The molecule has 2 aromatic rings. The third kappa shape index (κ3) is 4.11. The lowest BCUT2D eigenvalue weighted by Crippen LogP contribution is -2.46. The van der Waals surface area contributed by atoms with Gasteiger partial charge in [0.1, 0.15) is 23.6 Å². The predicted molar refractivity (Wildman–Crippen MR) is 104 cm³/mol. The lowest BCUT2D eigenvalue weighted by molar-refractivity contribution is -0.125. The highest BCUT2D eigenvalue weighted by atomic mass is 16.5. The summed E-state index contributed by atoms with van der Waals surface area (Å²) in [5.74, 6) is 1.17. The topological polar surface area (TPSA) is 67.9 Å². The van der Waals surface area contributed by atoms with Gasteiger partial charge in [-0.2, -0.15) is 0 Å². The van der Waals surface area contributed by atoms with Gasteiger partial charge in [-0.05, 0) is 49.2 Å². The molecule has 2 aromatic carbocycles. The summed E-state index contributed by atoms with van der Waals surface area (Å²) in [5.41, 5.74) is 0.533. The van der Waals surface area contributed by atoms with Crippen LogP contribution in [0.15, 0.2) is 54.6 Å². The molecule has 0 aromatic heterocycles. The van der Waals surface area contributed by atoms with Crippen LogP contribution in [0.1, 0.15) is 29.6 Å². The Kier molecular flexibility index (Phi) is 5.19. The van der Waals surface area contributed by atoms with Gasteiger partial charge in [-0.3, -0.25) is 9.59 Å². The first-order chi connectivity index (χ1) is 13.6. The maximum atomic E-state index is 13.1. The van der Waals surface area contributed by atoms with E-state index in [4.69, 9.17) is 9.47 Å². The average Bonchev–Trinajstić information content (AvgIpc) is 3.44. The molecule has 0 bridgehead atoms.